The number of nitrogens with zero attached hydrogens (tertiary/aromatic N) is 3. The van der Waals surface area contributed by atoms with Crippen LogP contribution in [0.5, 0.6) is 0 Å². The molecule has 3 aromatic carbocycles. The van der Waals surface area contributed by atoms with Crippen LogP contribution in [-0.4, -0.2) is 47.5 Å². The van der Waals surface area contributed by atoms with Crippen LogP contribution in [0.1, 0.15) is 29.0 Å². The van der Waals surface area contributed by atoms with Gasteiger partial charge in [0.2, 0.25) is 5.91 Å². The van der Waals surface area contributed by atoms with Crippen molar-refractivity contribution in [3.63, 3.8) is 0 Å². The van der Waals surface area contributed by atoms with Crippen molar-refractivity contribution < 1.29 is 9.72 Å². The number of likely N-dealkylation sites (N-methyl/N-ethyl adjacent to an activating group) is 1. The first-order valence-electron chi connectivity index (χ1n) is 11.7. The molecule has 180 valence electrons. The number of aromatic nitrogens is 1. The SMILES string of the molecule is CN(C)CCNC(=O)CC(c1ccccc1)c1cn(Cc2ccccc2)c2ccc([N+](=O)[O-])cc12. The highest BCUT2D eigenvalue weighted by Crippen LogP contribution is 2.36. The number of rotatable bonds is 10. The third-order valence-electron chi connectivity index (χ3n) is 6.15. The van der Waals surface area contributed by atoms with Gasteiger partial charge >= 0.3 is 0 Å². The molecule has 35 heavy (non-hydrogen) atoms. The molecule has 0 saturated heterocycles. The van der Waals surface area contributed by atoms with Gasteiger partial charge in [0.05, 0.1) is 4.92 Å². The van der Waals surface area contributed by atoms with Crippen molar-refractivity contribution in [2.45, 2.75) is 18.9 Å². The molecule has 0 bridgehead atoms. The molecule has 0 saturated carbocycles. The highest BCUT2D eigenvalue weighted by Gasteiger charge is 2.24. The monoisotopic (exact) mass is 470 g/mol. The van der Waals surface area contributed by atoms with E-state index in [2.05, 4.69) is 22.0 Å². The van der Waals surface area contributed by atoms with Crippen molar-refractivity contribution >= 4 is 22.5 Å². The number of carbonyl (C=O) groups is 1. The molecule has 0 fully saturated rings. The zero-order valence-electron chi connectivity index (χ0n) is 20.1. The van der Waals surface area contributed by atoms with Crippen LogP contribution in [0.15, 0.2) is 85.1 Å². The van der Waals surface area contributed by atoms with Gasteiger partial charge in [0.1, 0.15) is 0 Å². The van der Waals surface area contributed by atoms with Crippen molar-refractivity contribution in [2.75, 3.05) is 27.2 Å². The molecule has 1 aromatic heterocycles. The van der Waals surface area contributed by atoms with Gasteiger partial charge in [-0.05, 0) is 36.9 Å². The number of hydrogen-bond acceptors (Lipinski definition) is 4. The first-order chi connectivity index (χ1) is 16.9. The number of non-ortho nitro benzene ring substituents is 1. The molecule has 7 heteroatoms. The molecule has 1 amide bonds. The second-order valence-electron chi connectivity index (χ2n) is 8.98. The van der Waals surface area contributed by atoms with Crippen LogP contribution in [0.3, 0.4) is 0 Å². The zero-order chi connectivity index (χ0) is 24.8. The van der Waals surface area contributed by atoms with Gasteiger partial charge in [-0.1, -0.05) is 60.7 Å². The van der Waals surface area contributed by atoms with Crippen LogP contribution in [0.25, 0.3) is 10.9 Å². The maximum Gasteiger partial charge on any atom is 0.270 e. The number of fused-ring (bicyclic) bond motifs is 1. The minimum atomic E-state index is -0.372. The Hall–Kier alpha value is -3.97. The van der Waals surface area contributed by atoms with Crippen molar-refractivity contribution in [1.82, 2.24) is 14.8 Å². The summed E-state index contributed by atoms with van der Waals surface area (Å²) in [6, 6.07) is 24.9. The fourth-order valence-corrected chi connectivity index (χ4v) is 4.38. The molecule has 7 nitrogen and oxygen atoms in total. The van der Waals surface area contributed by atoms with Crippen LogP contribution >= 0.6 is 0 Å². The first kappa shape index (κ1) is 24.2. The standard InChI is InChI=1S/C28H30N4O3/c1-30(2)16-15-29-28(33)18-24(22-11-7-4-8-12-22)26-20-31(19-21-9-5-3-6-10-21)27-14-13-23(32(34)35)17-25(26)27/h3-14,17,20,24H,15-16,18-19H2,1-2H3,(H,29,33). The molecular weight excluding hydrogens is 440 g/mol. The second kappa shape index (κ2) is 11.0. The molecule has 0 aliphatic heterocycles. The van der Waals surface area contributed by atoms with Crippen molar-refractivity contribution in [2.24, 2.45) is 0 Å². The summed E-state index contributed by atoms with van der Waals surface area (Å²) in [5.74, 6) is -0.285. The summed E-state index contributed by atoms with van der Waals surface area (Å²) in [5.41, 5.74) is 3.99. The minimum Gasteiger partial charge on any atom is -0.355 e. The van der Waals surface area contributed by atoms with Gasteiger partial charge in [-0.25, -0.2) is 0 Å². The number of benzene rings is 3. The normalized spacial score (nSPS) is 12.1. The molecule has 0 aliphatic carbocycles. The van der Waals surface area contributed by atoms with E-state index in [-0.39, 0.29) is 28.9 Å². The lowest BCUT2D eigenvalue weighted by Gasteiger charge is -2.18. The highest BCUT2D eigenvalue weighted by molar-refractivity contribution is 5.88. The fourth-order valence-electron chi connectivity index (χ4n) is 4.38. The predicted octanol–water partition coefficient (Wildman–Crippen LogP) is 4.80. The van der Waals surface area contributed by atoms with Crippen molar-refractivity contribution in [3.05, 3.63) is 112 Å². The maximum atomic E-state index is 12.9. The number of nitro groups is 1. The average Bonchev–Trinajstić information content (AvgIpc) is 3.20. The summed E-state index contributed by atoms with van der Waals surface area (Å²) >= 11 is 0. The Morgan fingerprint density at radius 3 is 2.37 bits per heavy atom. The Balaban J connectivity index is 1.78. The Kier molecular flexibility index (Phi) is 7.57. The van der Waals surface area contributed by atoms with Crippen LogP contribution in [-0.2, 0) is 11.3 Å². The van der Waals surface area contributed by atoms with Crippen LogP contribution in [0, 0.1) is 10.1 Å². The van der Waals surface area contributed by atoms with Crippen molar-refractivity contribution in [1.29, 1.82) is 0 Å². The number of nitrogens with one attached hydrogen (secondary N) is 1. The summed E-state index contributed by atoms with van der Waals surface area (Å²) in [6.45, 7) is 1.95. The number of carbonyl (C=O) groups excluding carboxylic acids is 1. The van der Waals surface area contributed by atoms with E-state index in [9.17, 15) is 14.9 Å². The average molecular weight is 471 g/mol. The molecule has 0 spiro atoms. The first-order valence-corrected chi connectivity index (χ1v) is 11.7. The Morgan fingerprint density at radius 2 is 1.71 bits per heavy atom. The van der Waals surface area contributed by atoms with E-state index in [1.807, 2.05) is 73.7 Å². The largest absolute Gasteiger partial charge is 0.355 e. The molecule has 0 aliphatic rings. The van der Waals surface area contributed by atoms with E-state index in [0.717, 1.165) is 34.1 Å². The molecule has 4 rings (SSSR count). The lowest BCUT2D eigenvalue weighted by atomic mass is 9.88. The third-order valence-corrected chi connectivity index (χ3v) is 6.15. The minimum absolute atomic E-state index is 0.0402. The highest BCUT2D eigenvalue weighted by atomic mass is 16.6. The van der Waals surface area contributed by atoms with E-state index in [4.69, 9.17) is 0 Å². The lowest BCUT2D eigenvalue weighted by Crippen LogP contribution is -2.32. The molecule has 0 radical (unpaired) electrons. The predicted molar refractivity (Wildman–Crippen MR) is 139 cm³/mol. The third kappa shape index (κ3) is 5.94. The molecule has 4 aromatic rings. The molecule has 1 atom stereocenters. The molecule has 1 unspecified atom stereocenters. The van der Waals surface area contributed by atoms with Crippen LogP contribution in [0.2, 0.25) is 0 Å². The zero-order valence-corrected chi connectivity index (χ0v) is 20.1. The van der Waals surface area contributed by atoms with E-state index in [1.165, 1.54) is 0 Å². The second-order valence-corrected chi connectivity index (χ2v) is 8.98. The summed E-state index contributed by atoms with van der Waals surface area (Å²) in [5, 5.41) is 15.4. The molecule has 1 N–H and O–H groups in total. The van der Waals surface area contributed by atoms with E-state index in [1.54, 1.807) is 18.2 Å². The van der Waals surface area contributed by atoms with Gasteiger partial charge in [-0.3, -0.25) is 14.9 Å². The number of hydrogen-bond donors (Lipinski definition) is 1. The summed E-state index contributed by atoms with van der Waals surface area (Å²) in [7, 11) is 3.93. The van der Waals surface area contributed by atoms with Gasteiger partial charge in [0, 0.05) is 61.2 Å². The maximum absolute atomic E-state index is 12.9. The number of amides is 1. The molecular formula is C28H30N4O3. The topological polar surface area (TPSA) is 80.4 Å². The Morgan fingerprint density at radius 1 is 1.03 bits per heavy atom. The van der Waals surface area contributed by atoms with Crippen molar-refractivity contribution in [3.8, 4) is 0 Å². The summed E-state index contributed by atoms with van der Waals surface area (Å²) < 4.78 is 2.11. The van der Waals surface area contributed by atoms with Gasteiger partial charge < -0.3 is 14.8 Å². The smallest absolute Gasteiger partial charge is 0.270 e. The van der Waals surface area contributed by atoms with Crippen LogP contribution < -0.4 is 5.32 Å². The lowest BCUT2D eigenvalue weighted by molar-refractivity contribution is -0.384. The van der Waals surface area contributed by atoms with E-state index >= 15 is 0 Å². The van der Waals surface area contributed by atoms with Gasteiger partial charge in [-0.15, -0.1) is 0 Å². The van der Waals surface area contributed by atoms with E-state index < -0.39 is 0 Å². The van der Waals surface area contributed by atoms with Crippen LogP contribution in [0.4, 0.5) is 5.69 Å². The Labute approximate surface area is 205 Å². The fraction of sp³-hybridized carbons (Fsp3) is 0.250. The molecule has 1 heterocycles. The van der Waals surface area contributed by atoms with Gasteiger partial charge in [0.25, 0.3) is 5.69 Å². The quantitative estimate of drug-likeness (QED) is 0.267. The van der Waals surface area contributed by atoms with Gasteiger partial charge in [-0.2, -0.15) is 0 Å². The summed E-state index contributed by atoms with van der Waals surface area (Å²) in [4.78, 5) is 26.2. The van der Waals surface area contributed by atoms with Gasteiger partial charge in [0.15, 0.2) is 0 Å². The summed E-state index contributed by atoms with van der Waals surface area (Å²) in [6.07, 6.45) is 2.30. The van der Waals surface area contributed by atoms with E-state index in [0.29, 0.717) is 13.1 Å². The number of nitro benzene ring substituents is 1. The Bertz CT molecular complexity index is 1300.